The summed E-state index contributed by atoms with van der Waals surface area (Å²) in [6.45, 7) is 4.12. The van der Waals surface area contributed by atoms with Gasteiger partial charge < -0.3 is 18.9 Å². The molecule has 0 N–H and O–H groups in total. The van der Waals surface area contributed by atoms with E-state index >= 15 is 0 Å². The second kappa shape index (κ2) is 9.21. The summed E-state index contributed by atoms with van der Waals surface area (Å²) in [5.74, 6) is -0.629. The van der Waals surface area contributed by atoms with E-state index in [9.17, 15) is 19.2 Å². The molecular formula is C22H20O8. The summed E-state index contributed by atoms with van der Waals surface area (Å²) >= 11 is 0. The third kappa shape index (κ3) is 4.48. The Morgan fingerprint density at radius 2 is 1.07 bits per heavy atom. The molecule has 0 fully saturated rings. The van der Waals surface area contributed by atoms with E-state index in [2.05, 4.69) is 0 Å². The number of ether oxygens (including phenoxy) is 4. The van der Waals surface area contributed by atoms with Gasteiger partial charge in [0.2, 0.25) is 0 Å². The molecule has 156 valence electrons. The SMILES string of the molecule is CCCOC(=O)Oc1ccc2c(c1)C(=O)c1ccc(OC(=O)OCCC)cc1C2=O. The number of carbonyl (C=O) groups is 4. The fourth-order valence-corrected chi connectivity index (χ4v) is 2.86. The standard InChI is InChI=1S/C22H20O8/c1-3-9-27-21(25)29-13-5-7-15-17(11-13)19(23)16-8-6-14(12-18(16)20(15)24)30-22(26)28-10-4-2/h5-8,11-12H,3-4,9-10H2,1-2H3. The second-order valence-corrected chi connectivity index (χ2v) is 6.47. The molecule has 0 aromatic heterocycles. The highest BCUT2D eigenvalue weighted by atomic mass is 16.7. The van der Waals surface area contributed by atoms with Crippen LogP contribution < -0.4 is 9.47 Å². The normalized spacial score (nSPS) is 11.9. The average molecular weight is 412 g/mol. The zero-order chi connectivity index (χ0) is 21.7. The van der Waals surface area contributed by atoms with Crippen LogP contribution in [0.4, 0.5) is 9.59 Å². The van der Waals surface area contributed by atoms with Gasteiger partial charge in [-0.1, -0.05) is 13.8 Å². The van der Waals surface area contributed by atoms with Crippen LogP contribution in [0.2, 0.25) is 0 Å². The third-order valence-corrected chi connectivity index (χ3v) is 4.21. The average Bonchev–Trinajstić information content (AvgIpc) is 2.74. The predicted molar refractivity (Wildman–Crippen MR) is 104 cm³/mol. The Balaban J connectivity index is 1.83. The van der Waals surface area contributed by atoms with E-state index in [0.29, 0.717) is 12.8 Å². The molecule has 0 unspecified atom stereocenters. The first kappa shape index (κ1) is 21.0. The van der Waals surface area contributed by atoms with E-state index in [1.807, 2.05) is 13.8 Å². The van der Waals surface area contributed by atoms with E-state index in [1.54, 1.807) is 0 Å². The molecule has 1 aliphatic rings. The van der Waals surface area contributed by atoms with Crippen molar-refractivity contribution in [2.45, 2.75) is 26.7 Å². The Kier molecular flexibility index (Phi) is 6.46. The highest BCUT2D eigenvalue weighted by molar-refractivity contribution is 6.28. The molecule has 0 saturated heterocycles. The summed E-state index contributed by atoms with van der Waals surface area (Å²) in [6, 6.07) is 8.29. The molecule has 0 amide bonds. The molecular weight excluding hydrogens is 392 g/mol. The van der Waals surface area contributed by atoms with E-state index in [0.717, 1.165) is 0 Å². The molecule has 2 aromatic carbocycles. The van der Waals surface area contributed by atoms with Gasteiger partial charge in [-0.25, -0.2) is 9.59 Å². The van der Waals surface area contributed by atoms with Crippen molar-refractivity contribution in [3.63, 3.8) is 0 Å². The van der Waals surface area contributed by atoms with Gasteiger partial charge in [-0.2, -0.15) is 0 Å². The van der Waals surface area contributed by atoms with Crippen molar-refractivity contribution in [3.8, 4) is 11.5 Å². The number of benzene rings is 2. The van der Waals surface area contributed by atoms with Crippen LogP contribution in [0.1, 0.15) is 58.5 Å². The van der Waals surface area contributed by atoms with Gasteiger partial charge in [-0.15, -0.1) is 0 Å². The van der Waals surface area contributed by atoms with Crippen molar-refractivity contribution >= 4 is 23.9 Å². The van der Waals surface area contributed by atoms with Crippen molar-refractivity contribution in [3.05, 3.63) is 58.7 Å². The largest absolute Gasteiger partial charge is 0.513 e. The monoisotopic (exact) mass is 412 g/mol. The van der Waals surface area contributed by atoms with Gasteiger partial charge in [0.15, 0.2) is 11.6 Å². The van der Waals surface area contributed by atoms with Crippen LogP contribution in [0.25, 0.3) is 0 Å². The summed E-state index contributed by atoms with van der Waals surface area (Å²) in [6.07, 6.45) is -0.483. The van der Waals surface area contributed by atoms with Crippen LogP contribution in [0.15, 0.2) is 36.4 Å². The van der Waals surface area contributed by atoms with E-state index in [4.69, 9.17) is 18.9 Å². The van der Waals surface area contributed by atoms with Crippen LogP contribution in [0, 0.1) is 0 Å². The molecule has 0 radical (unpaired) electrons. The van der Waals surface area contributed by atoms with Gasteiger partial charge in [0, 0.05) is 22.3 Å². The Hall–Kier alpha value is -3.68. The molecule has 1 aliphatic carbocycles. The van der Waals surface area contributed by atoms with Gasteiger partial charge >= 0.3 is 12.3 Å². The minimum Gasteiger partial charge on any atom is -0.434 e. The molecule has 0 aliphatic heterocycles. The number of rotatable bonds is 6. The zero-order valence-corrected chi connectivity index (χ0v) is 16.6. The highest BCUT2D eigenvalue weighted by Gasteiger charge is 2.31. The summed E-state index contributed by atoms with van der Waals surface area (Å²) in [4.78, 5) is 49.0. The van der Waals surface area contributed by atoms with Crippen molar-refractivity contribution < 1.29 is 38.1 Å². The van der Waals surface area contributed by atoms with Crippen LogP contribution in [-0.2, 0) is 9.47 Å². The Morgan fingerprint density at radius 1 is 0.667 bits per heavy atom. The minimum absolute atomic E-state index is 0.0954. The molecule has 30 heavy (non-hydrogen) atoms. The third-order valence-electron chi connectivity index (χ3n) is 4.21. The fourth-order valence-electron chi connectivity index (χ4n) is 2.86. The van der Waals surface area contributed by atoms with E-state index < -0.39 is 23.9 Å². The Morgan fingerprint density at radius 3 is 1.43 bits per heavy atom. The summed E-state index contributed by atoms with van der Waals surface area (Å²) in [5, 5.41) is 0. The van der Waals surface area contributed by atoms with Gasteiger partial charge in [0.1, 0.15) is 11.5 Å². The lowest BCUT2D eigenvalue weighted by Gasteiger charge is -2.18. The first-order valence-corrected chi connectivity index (χ1v) is 9.51. The maximum atomic E-state index is 12.9. The van der Waals surface area contributed by atoms with E-state index in [1.165, 1.54) is 36.4 Å². The van der Waals surface area contributed by atoms with Crippen molar-refractivity contribution in [1.82, 2.24) is 0 Å². The first-order valence-electron chi connectivity index (χ1n) is 9.51. The highest BCUT2D eigenvalue weighted by Crippen LogP contribution is 2.32. The molecule has 8 nitrogen and oxygen atoms in total. The molecule has 0 spiro atoms. The van der Waals surface area contributed by atoms with Gasteiger partial charge in [-0.05, 0) is 49.2 Å². The Labute approximate surface area is 172 Å². The van der Waals surface area contributed by atoms with E-state index in [-0.39, 0.29) is 47.0 Å². The summed E-state index contributed by atoms with van der Waals surface area (Å²) in [5.41, 5.74) is 0.550. The number of carbonyl (C=O) groups excluding carboxylic acids is 4. The number of hydrogen-bond donors (Lipinski definition) is 0. The lowest BCUT2D eigenvalue weighted by molar-refractivity contribution is 0.0960. The van der Waals surface area contributed by atoms with Gasteiger partial charge in [-0.3, -0.25) is 9.59 Å². The minimum atomic E-state index is -0.886. The van der Waals surface area contributed by atoms with Crippen molar-refractivity contribution in [1.29, 1.82) is 0 Å². The number of ketones is 2. The maximum absolute atomic E-state index is 12.9. The molecule has 2 aromatic rings. The van der Waals surface area contributed by atoms with Crippen LogP contribution in [-0.4, -0.2) is 37.1 Å². The Bertz CT molecular complexity index is 927. The van der Waals surface area contributed by atoms with Crippen molar-refractivity contribution in [2.24, 2.45) is 0 Å². The quantitative estimate of drug-likeness (QED) is 0.436. The fraction of sp³-hybridized carbons (Fsp3) is 0.273. The number of fused-ring (bicyclic) bond motifs is 2. The van der Waals surface area contributed by atoms with Gasteiger partial charge in [0.25, 0.3) is 0 Å². The molecule has 3 rings (SSSR count). The smallest absolute Gasteiger partial charge is 0.434 e. The van der Waals surface area contributed by atoms with Crippen LogP contribution in [0.5, 0.6) is 11.5 Å². The topological polar surface area (TPSA) is 105 Å². The van der Waals surface area contributed by atoms with Gasteiger partial charge in [0.05, 0.1) is 13.2 Å². The molecule has 0 atom stereocenters. The molecule has 0 heterocycles. The summed E-state index contributed by atoms with van der Waals surface area (Å²) < 4.78 is 19.8. The van der Waals surface area contributed by atoms with Crippen molar-refractivity contribution in [2.75, 3.05) is 13.2 Å². The molecule has 0 bridgehead atoms. The predicted octanol–water partition coefficient (Wildman–Crippen LogP) is 4.31. The van der Waals surface area contributed by atoms with Crippen LogP contribution >= 0.6 is 0 Å². The summed E-state index contributed by atoms with van der Waals surface area (Å²) in [7, 11) is 0. The first-order chi connectivity index (χ1) is 14.4. The van der Waals surface area contributed by atoms with Crippen LogP contribution in [0.3, 0.4) is 0 Å². The second-order valence-electron chi connectivity index (χ2n) is 6.47. The molecule has 0 saturated carbocycles. The molecule has 8 heteroatoms. The number of hydrogen-bond acceptors (Lipinski definition) is 8. The lowest BCUT2D eigenvalue weighted by Crippen LogP contribution is -2.21. The zero-order valence-electron chi connectivity index (χ0n) is 16.6. The maximum Gasteiger partial charge on any atom is 0.513 e. The lowest BCUT2D eigenvalue weighted by atomic mass is 9.84.